The predicted molar refractivity (Wildman–Crippen MR) is 55.4 cm³/mol. The molecule has 0 radical (unpaired) electrons. The van der Waals surface area contributed by atoms with E-state index in [9.17, 15) is 0 Å². The molecule has 0 spiro atoms. The van der Waals surface area contributed by atoms with Gasteiger partial charge in [-0.05, 0) is 19.9 Å². The maximum absolute atomic E-state index is 5.19. The molecule has 0 saturated heterocycles. The molecule has 5 heteroatoms. The van der Waals surface area contributed by atoms with Crippen molar-refractivity contribution in [2.75, 3.05) is 5.32 Å². The first kappa shape index (κ1) is 9.21. The molecule has 74 valence electrons. The third kappa shape index (κ3) is 1.93. The molecule has 4 nitrogen and oxygen atoms in total. The van der Waals surface area contributed by atoms with Gasteiger partial charge in [0.25, 0.3) is 0 Å². The number of aryl methyl sites for hydroxylation is 2. The van der Waals surface area contributed by atoms with Crippen molar-refractivity contribution < 1.29 is 4.42 Å². The Morgan fingerprint density at radius 1 is 1.43 bits per heavy atom. The van der Waals surface area contributed by atoms with Crippen LogP contribution in [0.3, 0.4) is 0 Å². The predicted octanol–water partition coefficient (Wildman–Crippen LogP) is 2.36. The van der Waals surface area contributed by atoms with Crippen molar-refractivity contribution in [3.8, 4) is 0 Å². The summed E-state index contributed by atoms with van der Waals surface area (Å²) in [5, 5.41) is 12.9. The minimum absolute atomic E-state index is 0.733. The number of furan rings is 1. The van der Waals surface area contributed by atoms with E-state index in [2.05, 4.69) is 15.5 Å². The normalized spacial score (nSPS) is 10.4. The Kier molecular flexibility index (Phi) is 2.49. The molecule has 2 rings (SSSR count). The zero-order valence-corrected chi connectivity index (χ0v) is 8.89. The first-order valence-corrected chi connectivity index (χ1v) is 5.14. The van der Waals surface area contributed by atoms with E-state index in [0.717, 1.165) is 28.0 Å². The Hall–Kier alpha value is -1.36. The number of nitrogens with zero attached hydrogens (tertiary/aromatic N) is 2. The Morgan fingerprint density at radius 3 is 2.86 bits per heavy atom. The van der Waals surface area contributed by atoms with Crippen LogP contribution in [0.1, 0.15) is 16.3 Å². The summed E-state index contributed by atoms with van der Waals surface area (Å²) in [7, 11) is 0. The van der Waals surface area contributed by atoms with Crippen LogP contribution in [0.25, 0.3) is 0 Å². The maximum atomic E-state index is 5.19. The van der Waals surface area contributed by atoms with Crippen LogP contribution >= 0.6 is 11.3 Å². The Labute approximate surface area is 86.0 Å². The molecular formula is C9H11N3OS. The minimum atomic E-state index is 0.733. The molecular weight excluding hydrogens is 198 g/mol. The standard InChI is InChI=1S/C9H11N3OS/c1-6-8(3-4-13-6)5-10-9-12-11-7(2)14-9/h3-4H,5H2,1-2H3,(H,10,12). The van der Waals surface area contributed by atoms with Crippen LogP contribution in [0, 0.1) is 13.8 Å². The number of anilines is 1. The number of hydrogen-bond donors (Lipinski definition) is 1. The van der Waals surface area contributed by atoms with Gasteiger partial charge in [-0.25, -0.2) is 0 Å². The van der Waals surface area contributed by atoms with Crippen molar-refractivity contribution in [2.45, 2.75) is 20.4 Å². The number of aromatic nitrogens is 2. The molecule has 0 aliphatic heterocycles. The van der Waals surface area contributed by atoms with Crippen molar-refractivity contribution in [3.05, 3.63) is 28.7 Å². The molecule has 0 fully saturated rings. The molecule has 0 atom stereocenters. The van der Waals surface area contributed by atoms with Crippen LogP contribution in [0.4, 0.5) is 5.13 Å². The van der Waals surface area contributed by atoms with E-state index >= 15 is 0 Å². The van der Waals surface area contributed by atoms with E-state index in [4.69, 9.17) is 4.42 Å². The quantitative estimate of drug-likeness (QED) is 0.843. The lowest BCUT2D eigenvalue weighted by Gasteiger charge is -1.99. The second-order valence-electron chi connectivity index (χ2n) is 2.98. The summed E-state index contributed by atoms with van der Waals surface area (Å²) in [6.45, 7) is 4.62. The van der Waals surface area contributed by atoms with Gasteiger partial charge in [-0.3, -0.25) is 0 Å². The number of rotatable bonds is 3. The SMILES string of the molecule is Cc1nnc(NCc2ccoc2C)s1. The first-order valence-electron chi connectivity index (χ1n) is 4.32. The number of nitrogens with one attached hydrogen (secondary N) is 1. The van der Waals surface area contributed by atoms with Crippen molar-refractivity contribution >= 4 is 16.5 Å². The van der Waals surface area contributed by atoms with Crippen molar-refractivity contribution in [3.63, 3.8) is 0 Å². The Bertz CT molecular complexity index is 421. The maximum Gasteiger partial charge on any atom is 0.205 e. The van der Waals surface area contributed by atoms with E-state index < -0.39 is 0 Å². The molecule has 2 aromatic heterocycles. The summed E-state index contributed by atoms with van der Waals surface area (Å²) < 4.78 is 5.19. The third-order valence-electron chi connectivity index (χ3n) is 1.92. The fourth-order valence-electron chi connectivity index (χ4n) is 1.13. The van der Waals surface area contributed by atoms with E-state index in [0.29, 0.717) is 0 Å². The van der Waals surface area contributed by atoms with Gasteiger partial charge in [0.15, 0.2) is 0 Å². The molecule has 0 aromatic carbocycles. The van der Waals surface area contributed by atoms with E-state index in [1.165, 1.54) is 0 Å². The van der Waals surface area contributed by atoms with Gasteiger partial charge in [0, 0.05) is 12.1 Å². The fraction of sp³-hybridized carbons (Fsp3) is 0.333. The van der Waals surface area contributed by atoms with Gasteiger partial charge in [-0.2, -0.15) is 0 Å². The average Bonchev–Trinajstić information content (AvgIpc) is 2.72. The van der Waals surface area contributed by atoms with E-state index in [1.54, 1.807) is 17.6 Å². The third-order valence-corrected chi connectivity index (χ3v) is 2.72. The molecule has 0 unspecified atom stereocenters. The second-order valence-corrected chi connectivity index (χ2v) is 4.16. The van der Waals surface area contributed by atoms with Crippen LogP contribution < -0.4 is 5.32 Å². The molecule has 0 saturated carbocycles. The summed E-state index contributed by atoms with van der Waals surface area (Å²) in [4.78, 5) is 0. The topological polar surface area (TPSA) is 51.0 Å². The van der Waals surface area contributed by atoms with Crippen LogP contribution in [0.2, 0.25) is 0 Å². The molecule has 2 aromatic rings. The summed E-state index contributed by atoms with van der Waals surface area (Å²) in [6.07, 6.45) is 1.69. The van der Waals surface area contributed by atoms with Gasteiger partial charge < -0.3 is 9.73 Å². The highest BCUT2D eigenvalue weighted by molar-refractivity contribution is 7.15. The van der Waals surface area contributed by atoms with Crippen molar-refractivity contribution in [2.24, 2.45) is 0 Å². The van der Waals surface area contributed by atoms with Gasteiger partial charge in [0.2, 0.25) is 5.13 Å². The monoisotopic (exact) mass is 209 g/mol. The molecule has 0 aliphatic carbocycles. The number of hydrogen-bond acceptors (Lipinski definition) is 5. The zero-order valence-electron chi connectivity index (χ0n) is 8.07. The summed E-state index contributed by atoms with van der Waals surface area (Å²) >= 11 is 1.55. The van der Waals surface area contributed by atoms with Crippen LogP contribution in [0.15, 0.2) is 16.7 Å². The van der Waals surface area contributed by atoms with Gasteiger partial charge >= 0.3 is 0 Å². The summed E-state index contributed by atoms with van der Waals surface area (Å²) in [5.74, 6) is 0.943. The van der Waals surface area contributed by atoms with E-state index in [-0.39, 0.29) is 0 Å². The van der Waals surface area contributed by atoms with Gasteiger partial charge in [-0.15, -0.1) is 10.2 Å². The molecule has 2 heterocycles. The molecule has 14 heavy (non-hydrogen) atoms. The molecule has 0 bridgehead atoms. The van der Waals surface area contributed by atoms with Gasteiger partial charge in [-0.1, -0.05) is 11.3 Å². The molecule has 1 N–H and O–H groups in total. The highest BCUT2D eigenvalue weighted by Crippen LogP contribution is 2.16. The average molecular weight is 209 g/mol. The van der Waals surface area contributed by atoms with Gasteiger partial charge in [0.1, 0.15) is 10.8 Å². The fourth-order valence-corrected chi connectivity index (χ4v) is 1.72. The van der Waals surface area contributed by atoms with Crippen LogP contribution in [-0.4, -0.2) is 10.2 Å². The van der Waals surface area contributed by atoms with E-state index in [1.807, 2.05) is 19.9 Å². The van der Waals surface area contributed by atoms with Crippen molar-refractivity contribution in [1.29, 1.82) is 0 Å². The lowest BCUT2D eigenvalue weighted by Crippen LogP contribution is -1.98. The smallest absolute Gasteiger partial charge is 0.205 e. The van der Waals surface area contributed by atoms with Gasteiger partial charge in [0.05, 0.1) is 6.26 Å². The lowest BCUT2D eigenvalue weighted by atomic mass is 10.3. The Morgan fingerprint density at radius 2 is 2.29 bits per heavy atom. The highest BCUT2D eigenvalue weighted by atomic mass is 32.1. The summed E-state index contributed by atoms with van der Waals surface area (Å²) in [6, 6.07) is 1.95. The zero-order chi connectivity index (χ0) is 9.97. The lowest BCUT2D eigenvalue weighted by molar-refractivity contribution is 0.530. The van der Waals surface area contributed by atoms with Crippen molar-refractivity contribution in [1.82, 2.24) is 10.2 Å². The highest BCUT2D eigenvalue weighted by Gasteiger charge is 2.03. The second kappa shape index (κ2) is 3.79. The molecule has 0 aliphatic rings. The Balaban J connectivity index is 1.98. The largest absolute Gasteiger partial charge is 0.469 e. The first-order chi connectivity index (χ1) is 6.75. The minimum Gasteiger partial charge on any atom is -0.469 e. The molecule has 0 amide bonds. The summed E-state index contributed by atoms with van der Waals surface area (Å²) in [5.41, 5.74) is 1.15. The van der Waals surface area contributed by atoms with Crippen LogP contribution in [-0.2, 0) is 6.54 Å². The van der Waals surface area contributed by atoms with Crippen LogP contribution in [0.5, 0.6) is 0 Å².